The van der Waals surface area contributed by atoms with E-state index in [1.54, 1.807) is 18.2 Å². The maximum absolute atomic E-state index is 12.6. The van der Waals surface area contributed by atoms with E-state index in [-0.39, 0.29) is 12.2 Å². The summed E-state index contributed by atoms with van der Waals surface area (Å²) in [6.07, 6.45) is 1.57. The van der Waals surface area contributed by atoms with Crippen molar-refractivity contribution >= 4 is 62.5 Å². The van der Waals surface area contributed by atoms with Crippen molar-refractivity contribution < 1.29 is 24.2 Å². The van der Waals surface area contributed by atoms with Crippen LogP contribution in [0.15, 0.2) is 52.6 Å². The molecule has 0 saturated carbocycles. The van der Waals surface area contributed by atoms with Gasteiger partial charge in [0.25, 0.3) is 5.91 Å². The molecule has 0 unspecified atom stereocenters. The quantitative estimate of drug-likeness (QED) is 0.322. The van der Waals surface area contributed by atoms with E-state index < -0.39 is 24.5 Å². The summed E-state index contributed by atoms with van der Waals surface area (Å²) >= 11 is 5.36. The van der Waals surface area contributed by atoms with E-state index in [1.165, 1.54) is 0 Å². The molecule has 2 aromatic rings. The van der Waals surface area contributed by atoms with Crippen molar-refractivity contribution in [3.05, 3.63) is 67.3 Å². The molecule has 28 heavy (non-hydrogen) atoms. The normalized spacial score (nSPS) is 15.1. The van der Waals surface area contributed by atoms with Crippen LogP contribution in [0.3, 0.4) is 0 Å². The van der Waals surface area contributed by atoms with E-state index in [0.717, 1.165) is 10.5 Å². The van der Waals surface area contributed by atoms with Crippen molar-refractivity contribution in [1.29, 1.82) is 0 Å². The molecule has 1 heterocycles. The summed E-state index contributed by atoms with van der Waals surface area (Å²) in [6.45, 7) is -0.274. The lowest BCUT2D eigenvalue weighted by Gasteiger charge is -2.11. The van der Waals surface area contributed by atoms with E-state index in [0.29, 0.717) is 19.4 Å². The Morgan fingerprint density at radius 1 is 1.25 bits per heavy atom. The highest BCUT2D eigenvalue weighted by molar-refractivity contribution is 14.1. The summed E-state index contributed by atoms with van der Waals surface area (Å²) < 4.78 is 6.47. The minimum absolute atomic E-state index is 0.169. The van der Waals surface area contributed by atoms with Crippen molar-refractivity contribution in [3.63, 3.8) is 0 Å². The van der Waals surface area contributed by atoms with Gasteiger partial charge in [-0.05, 0) is 67.9 Å². The SMILES string of the molecule is O=C(O)COc1c(Br)cc(/C=C2/NC(=O)N(Cc3ccccc3)C2=O)cc1I. The molecule has 0 radical (unpaired) electrons. The van der Waals surface area contributed by atoms with Gasteiger partial charge in [-0.25, -0.2) is 9.59 Å². The maximum atomic E-state index is 12.6. The highest BCUT2D eigenvalue weighted by Crippen LogP contribution is 2.33. The lowest BCUT2D eigenvalue weighted by molar-refractivity contribution is -0.139. The summed E-state index contributed by atoms with van der Waals surface area (Å²) in [5, 5.41) is 11.3. The second-order valence-corrected chi connectivity index (χ2v) is 7.88. The van der Waals surface area contributed by atoms with Crippen LogP contribution in [-0.2, 0) is 16.1 Å². The molecule has 1 aliphatic rings. The number of rotatable bonds is 6. The Kier molecular flexibility index (Phi) is 6.35. The number of carboxylic acids is 1. The van der Waals surface area contributed by atoms with Gasteiger partial charge in [0.05, 0.1) is 14.6 Å². The van der Waals surface area contributed by atoms with E-state index in [4.69, 9.17) is 9.84 Å². The molecule has 3 amide bonds. The number of aliphatic carboxylic acids is 1. The molecule has 0 atom stereocenters. The summed E-state index contributed by atoms with van der Waals surface area (Å²) in [6, 6.07) is 12.2. The van der Waals surface area contributed by atoms with E-state index in [1.807, 2.05) is 52.9 Å². The second kappa shape index (κ2) is 8.74. The molecule has 1 fully saturated rings. The summed E-state index contributed by atoms with van der Waals surface area (Å²) in [7, 11) is 0. The van der Waals surface area contributed by atoms with Crippen molar-refractivity contribution in [2.24, 2.45) is 0 Å². The Hall–Kier alpha value is -2.40. The largest absolute Gasteiger partial charge is 0.480 e. The molecule has 0 bridgehead atoms. The monoisotopic (exact) mass is 556 g/mol. The first-order chi connectivity index (χ1) is 13.3. The number of carbonyl (C=O) groups excluding carboxylic acids is 2. The minimum Gasteiger partial charge on any atom is -0.480 e. The highest BCUT2D eigenvalue weighted by Gasteiger charge is 2.33. The first kappa shape index (κ1) is 20.3. The molecular weight excluding hydrogens is 543 g/mol. The van der Waals surface area contributed by atoms with Gasteiger partial charge in [0.15, 0.2) is 6.61 Å². The molecule has 0 aromatic heterocycles. The van der Waals surface area contributed by atoms with Gasteiger partial charge < -0.3 is 15.2 Å². The Morgan fingerprint density at radius 3 is 2.61 bits per heavy atom. The highest BCUT2D eigenvalue weighted by atomic mass is 127. The molecule has 144 valence electrons. The number of amides is 3. The zero-order valence-corrected chi connectivity index (χ0v) is 18.1. The number of carboxylic acid groups (broad SMARTS) is 1. The maximum Gasteiger partial charge on any atom is 0.341 e. The average molecular weight is 557 g/mol. The Morgan fingerprint density at radius 2 is 1.96 bits per heavy atom. The van der Waals surface area contributed by atoms with Gasteiger partial charge >= 0.3 is 12.0 Å². The number of benzene rings is 2. The number of nitrogens with zero attached hydrogens (tertiary/aromatic N) is 1. The Labute approximate surface area is 182 Å². The predicted octanol–water partition coefficient (Wildman–Crippen LogP) is 3.61. The predicted molar refractivity (Wildman–Crippen MR) is 113 cm³/mol. The fourth-order valence-corrected chi connectivity index (χ4v) is 4.35. The third-order valence-corrected chi connectivity index (χ3v) is 5.21. The van der Waals surface area contributed by atoms with Crippen LogP contribution in [0.5, 0.6) is 5.75 Å². The second-order valence-electron chi connectivity index (χ2n) is 5.86. The topological polar surface area (TPSA) is 95.9 Å². The number of hydrogen-bond acceptors (Lipinski definition) is 4. The van der Waals surface area contributed by atoms with E-state index >= 15 is 0 Å². The van der Waals surface area contributed by atoms with Crippen LogP contribution in [0.2, 0.25) is 0 Å². The molecule has 7 nitrogen and oxygen atoms in total. The van der Waals surface area contributed by atoms with Gasteiger partial charge in [-0.1, -0.05) is 30.3 Å². The van der Waals surface area contributed by atoms with Gasteiger partial charge in [-0.15, -0.1) is 0 Å². The first-order valence-electron chi connectivity index (χ1n) is 8.07. The summed E-state index contributed by atoms with van der Waals surface area (Å²) in [4.78, 5) is 36.6. The standard InChI is InChI=1S/C19H14BrIN2O5/c20-13-6-12(7-14(21)17(13)28-10-16(24)25)8-15-18(26)23(19(27)22-15)9-11-4-2-1-3-5-11/h1-8H,9-10H2,(H,22,27)(H,24,25)/b15-8+. The molecule has 1 saturated heterocycles. The molecule has 9 heteroatoms. The summed E-state index contributed by atoms with van der Waals surface area (Å²) in [5.41, 5.74) is 1.68. The number of ether oxygens (including phenoxy) is 1. The van der Waals surface area contributed by atoms with Gasteiger partial charge in [-0.3, -0.25) is 9.69 Å². The van der Waals surface area contributed by atoms with Crippen LogP contribution < -0.4 is 10.1 Å². The van der Waals surface area contributed by atoms with Gasteiger partial charge in [-0.2, -0.15) is 0 Å². The molecule has 0 aliphatic carbocycles. The molecule has 1 aliphatic heterocycles. The Balaban J connectivity index is 1.81. The van der Waals surface area contributed by atoms with E-state index in [2.05, 4.69) is 21.2 Å². The van der Waals surface area contributed by atoms with Crippen LogP contribution in [0.4, 0.5) is 4.79 Å². The lowest BCUT2D eigenvalue weighted by atomic mass is 10.1. The van der Waals surface area contributed by atoms with Crippen molar-refractivity contribution in [1.82, 2.24) is 10.2 Å². The van der Waals surface area contributed by atoms with Crippen molar-refractivity contribution in [3.8, 4) is 5.75 Å². The van der Waals surface area contributed by atoms with Crippen molar-refractivity contribution in [2.75, 3.05) is 6.61 Å². The molecule has 2 aromatic carbocycles. The molecular formula is C19H14BrIN2O5. The third kappa shape index (κ3) is 4.71. The average Bonchev–Trinajstić information content (AvgIpc) is 2.89. The number of carbonyl (C=O) groups is 3. The zero-order chi connectivity index (χ0) is 20.3. The Bertz CT molecular complexity index is 955. The summed E-state index contributed by atoms with van der Waals surface area (Å²) in [5.74, 6) is -1.09. The molecule has 0 spiro atoms. The van der Waals surface area contributed by atoms with Gasteiger partial charge in [0.2, 0.25) is 0 Å². The molecule has 2 N–H and O–H groups in total. The fraction of sp³-hybridized carbons (Fsp3) is 0.105. The van der Waals surface area contributed by atoms with E-state index in [9.17, 15) is 14.4 Å². The van der Waals surface area contributed by atoms with Crippen LogP contribution in [-0.4, -0.2) is 34.5 Å². The number of imide groups is 1. The number of nitrogens with one attached hydrogen (secondary N) is 1. The van der Waals surface area contributed by atoms with Gasteiger partial charge in [0.1, 0.15) is 11.4 Å². The van der Waals surface area contributed by atoms with Gasteiger partial charge in [0, 0.05) is 0 Å². The smallest absolute Gasteiger partial charge is 0.341 e. The van der Waals surface area contributed by atoms with Crippen LogP contribution >= 0.6 is 38.5 Å². The third-order valence-electron chi connectivity index (χ3n) is 3.82. The van der Waals surface area contributed by atoms with Crippen molar-refractivity contribution in [2.45, 2.75) is 6.54 Å². The lowest BCUT2D eigenvalue weighted by Crippen LogP contribution is -2.30. The van der Waals surface area contributed by atoms with Crippen LogP contribution in [0, 0.1) is 3.57 Å². The zero-order valence-electron chi connectivity index (χ0n) is 14.3. The fourth-order valence-electron chi connectivity index (χ4n) is 2.58. The first-order valence-corrected chi connectivity index (χ1v) is 9.94. The molecule has 3 rings (SSSR count). The minimum atomic E-state index is -1.08. The number of halogens is 2. The van der Waals surface area contributed by atoms with Crippen LogP contribution in [0.1, 0.15) is 11.1 Å². The number of urea groups is 1. The van der Waals surface area contributed by atoms with Crippen LogP contribution in [0.25, 0.3) is 6.08 Å². The number of hydrogen-bond donors (Lipinski definition) is 2.